The van der Waals surface area contributed by atoms with Crippen molar-refractivity contribution in [1.29, 1.82) is 0 Å². The number of nitrogen functional groups attached to an aromatic ring is 1. The van der Waals surface area contributed by atoms with Crippen molar-refractivity contribution in [2.24, 2.45) is 0 Å². The molecule has 0 unspecified atom stereocenters. The highest BCUT2D eigenvalue weighted by molar-refractivity contribution is 7.89. The van der Waals surface area contributed by atoms with Gasteiger partial charge in [-0.25, -0.2) is 12.7 Å². The highest BCUT2D eigenvalue weighted by Crippen LogP contribution is 2.34. The maximum absolute atomic E-state index is 11.9. The van der Waals surface area contributed by atoms with Gasteiger partial charge >= 0.3 is 0 Å². The fraction of sp³-hybridized carbons (Fsp3) is 0.250. The van der Waals surface area contributed by atoms with Gasteiger partial charge in [-0.3, -0.25) is 20.2 Å². The Hall–Kier alpha value is -2.27. The Labute approximate surface area is 107 Å². The third kappa shape index (κ3) is 2.61. The molecule has 11 heteroatoms. The van der Waals surface area contributed by atoms with E-state index in [1.54, 1.807) is 0 Å². The molecule has 0 fully saturated rings. The van der Waals surface area contributed by atoms with Crippen molar-refractivity contribution in [3.8, 4) is 0 Å². The zero-order valence-electron chi connectivity index (χ0n) is 9.93. The van der Waals surface area contributed by atoms with E-state index in [9.17, 15) is 28.6 Å². The lowest BCUT2D eigenvalue weighted by atomic mass is 10.2. The highest BCUT2D eigenvalue weighted by atomic mass is 32.2. The summed E-state index contributed by atoms with van der Waals surface area (Å²) < 4.78 is 24.6. The smallest absolute Gasteiger partial charge is 0.300 e. The van der Waals surface area contributed by atoms with E-state index in [2.05, 4.69) is 0 Å². The van der Waals surface area contributed by atoms with Crippen molar-refractivity contribution in [3.05, 3.63) is 32.4 Å². The van der Waals surface area contributed by atoms with E-state index in [-0.39, 0.29) is 0 Å². The summed E-state index contributed by atoms with van der Waals surface area (Å²) in [7, 11) is -1.76. The number of nitro groups is 2. The van der Waals surface area contributed by atoms with Gasteiger partial charge in [0, 0.05) is 20.2 Å². The average Bonchev–Trinajstić information content (AvgIpc) is 2.27. The molecule has 0 heterocycles. The zero-order chi connectivity index (χ0) is 15.0. The predicted molar refractivity (Wildman–Crippen MR) is 65.0 cm³/mol. The quantitative estimate of drug-likeness (QED) is 0.477. The second kappa shape index (κ2) is 4.78. The van der Waals surface area contributed by atoms with Gasteiger partial charge in [0.25, 0.3) is 11.4 Å². The lowest BCUT2D eigenvalue weighted by Gasteiger charge is -2.12. The number of nitro benzene ring substituents is 2. The lowest BCUT2D eigenvalue weighted by molar-refractivity contribution is -0.393. The monoisotopic (exact) mass is 290 g/mol. The molecule has 19 heavy (non-hydrogen) atoms. The molecule has 0 aliphatic carbocycles. The van der Waals surface area contributed by atoms with Crippen molar-refractivity contribution in [3.63, 3.8) is 0 Å². The second-order valence-corrected chi connectivity index (χ2v) is 5.80. The van der Waals surface area contributed by atoms with Gasteiger partial charge in [0.15, 0.2) is 0 Å². The van der Waals surface area contributed by atoms with Gasteiger partial charge in [-0.1, -0.05) is 0 Å². The Morgan fingerprint density at radius 2 is 1.68 bits per heavy atom. The van der Waals surface area contributed by atoms with Crippen LogP contribution < -0.4 is 5.73 Å². The van der Waals surface area contributed by atoms with Crippen LogP contribution in [-0.2, 0) is 10.0 Å². The standard InChI is InChI=1S/C8H10N4O6S/c1-10(2)19(17,18)7-4-5(11(13)14)3-6(8(7)9)12(15)16/h3-4H,9H2,1-2H3. The molecular formula is C8H10N4O6S. The molecular weight excluding hydrogens is 280 g/mol. The molecule has 0 atom stereocenters. The van der Waals surface area contributed by atoms with Crippen LogP contribution in [0.25, 0.3) is 0 Å². The van der Waals surface area contributed by atoms with Crippen LogP contribution in [0.2, 0.25) is 0 Å². The van der Waals surface area contributed by atoms with E-state index in [0.29, 0.717) is 12.1 Å². The van der Waals surface area contributed by atoms with Crippen LogP contribution in [-0.4, -0.2) is 36.7 Å². The Bertz CT molecular complexity index is 653. The van der Waals surface area contributed by atoms with Crippen molar-refractivity contribution in [2.45, 2.75) is 4.90 Å². The number of hydrogen-bond acceptors (Lipinski definition) is 7. The molecule has 0 saturated carbocycles. The fourth-order valence-corrected chi connectivity index (χ4v) is 2.31. The maximum Gasteiger partial charge on any atom is 0.300 e. The third-order valence-electron chi connectivity index (χ3n) is 2.27. The number of rotatable bonds is 4. The number of non-ortho nitro benzene ring substituents is 1. The van der Waals surface area contributed by atoms with Gasteiger partial charge in [-0.15, -0.1) is 0 Å². The molecule has 0 saturated heterocycles. The first-order valence-corrected chi connectivity index (χ1v) is 6.18. The predicted octanol–water partition coefficient (Wildman–Crippen LogP) is 0.336. The van der Waals surface area contributed by atoms with E-state index < -0.39 is 41.8 Å². The number of sulfonamides is 1. The van der Waals surface area contributed by atoms with Crippen LogP contribution in [0.5, 0.6) is 0 Å². The van der Waals surface area contributed by atoms with E-state index in [4.69, 9.17) is 5.73 Å². The van der Waals surface area contributed by atoms with E-state index in [1.165, 1.54) is 14.1 Å². The molecule has 10 nitrogen and oxygen atoms in total. The summed E-state index contributed by atoms with van der Waals surface area (Å²) in [5, 5.41) is 21.4. The molecule has 0 bridgehead atoms. The normalized spacial score (nSPS) is 11.5. The van der Waals surface area contributed by atoms with Crippen LogP contribution in [0.15, 0.2) is 17.0 Å². The van der Waals surface area contributed by atoms with Crippen LogP contribution in [0.4, 0.5) is 17.1 Å². The van der Waals surface area contributed by atoms with Gasteiger partial charge < -0.3 is 5.73 Å². The number of anilines is 1. The van der Waals surface area contributed by atoms with Gasteiger partial charge in [-0.05, 0) is 0 Å². The summed E-state index contributed by atoms with van der Waals surface area (Å²) in [4.78, 5) is 18.8. The molecule has 0 aliphatic rings. The fourth-order valence-electron chi connectivity index (χ4n) is 1.26. The highest BCUT2D eigenvalue weighted by Gasteiger charge is 2.30. The molecule has 1 aromatic rings. The molecule has 0 aliphatic heterocycles. The van der Waals surface area contributed by atoms with Crippen LogP contribution in [0, 0.1) is 20.2 Å². The van der Waals surface area contributed by atoms with Gasteiger partial charge in [0.05, 0.1) is 15.9 Å². The maximum atomic E-state index is 11.9. The topological polar surface area (TPSA) is 150 Å². The minimum absolute atomic E-state index is 0.615. The largest absolute Gasteiger partial charge is 0.392 e. The van der Waals surface area contributed by atoms with E-state index >= 15 is 0 Å². The van der Waals surface area contributed by atoms with Crippen molar-refractivity contribution >= 4 is 27.1 Å². The number of benzene rings is 1. The Balaban J connectivity index is 3.75. The van der Waals surface area contributed by atoms with E-state index in [0.717, 1.165) is 4.31 Å². The molecule has 0 aromatic heterocycles. The summed E-state index contributed by atoms with van der Waals surface area (Å²) in [6, 6.07) is 1.31. The van der Waals surface area contributed by atoms with Crippen LogP contribution >= 0.6 is 0 Å². The molecule has 104 valence electrons. The molecule has 0 amide bonds. The number of nitrogens with zero attached hydrogens (tertiary/aromatic N) is 3. The first kappa shape index (κ1) is 14.8. The molecule has 1 rings (SSSR count). The van der Waals surface area contributed by atoms with Gasteiger partial charge in [-0.2, -0.15) is 0 Å². The first-order chi connectivity index (χ1) is 8.59. The summed E-state index contributed by atoms with van der Waals surface area (Å²) >= 11 is 0. The number of nitrogens with two attached hydrogens (primary N) is 1. The van der Waals surface area contributed by atoms with Gasteiger partial charge in [0.2, 0.25) is 10.0 Å². The number of hydrogen-bond donors (Lipinski definition) is 1. The second-order valence-electron chi connectivity index (χ2n) is 3.68. The SMILES string of the molecule is CN(C)S(=O)(=O)c1cc([N+](=O)[O-])cc([N+](=O)[O-])c1N. The molecule has 0 radical (unpaired) electrons. The zero-order valence-corrected chi connectivity index (χ0v) is 10.7. The summed E-state index contributed by atoms with van der Waals surface area (Å²) in [5.41, 5.74) is 3.23. The van der Waals surface area contributed by atoms with Gasteiger partial charge in [0.1, 0.15) is 10.6 Å². The van der Waals surface area contributed by atoms with Crippen molar-refractivity contribution in [2.75, 3.05) is 19.8 Å². The van der Waals surface area contributed by atoms with E-state index in [1.807, 2.05) is 0 Å². The Kier molecular flexibility index (Phi) is 3.72. The average molecular weight is 290 g/mol. The minimum atomic E-state index is -4.12. The Morgan fingerprint density at radius 1 is 1.16 bits per heavy atom. The minimum Gasteiger partial charge on any atom is -0.392 e. The summed E-state index contributed by atoms with van der Waals surface area (Å²) in [6.45, 7) is 0. The molecule has 2 N–H and O–H groups in total. The summed E-state index contributed by atoms with van der Waals surface area (Å²) in [6.07, 6.45) is 0. The Morgan fingerprint density at radius 3 is 2.05 bits per heavy atom. The molecule has 1 aromatic carbocycles. The van der Waals surface area contributed by atoms with Crippen molar-refractivity contribution < 1.29 is 18.3 Å². The van der Waals surface area contributed by atoms with Crippen LogP contribution in [0.3, 0.4) is 0 Å². The third-order valence-corrected chi connectivity index (χ3v) is 4.13. The van der Waals surface area contributed by atoms with Crippen LogP contribution in [0.1, 0.15) is 0 Å². The van der Waals surface area contributed by atoms with Crippen molar-refractivity contribution in [1.82, 2.24) is 4.31 Å². The first-order valence-electron chi connectivity index (χ1n) is 4.74. The lowest BCUT2D eigenvalue weighted by Crippen LogP contribution is -2.23. The summed E-state index contributed by atoms with van der Waals surface area (Å²) in [5.74, 6) is 0. The molecule has 0 spiro atoms.